The lowest BCUT2D eigenvalue weighted by Gasteiger charge is -2.32. The number of methoxy groups -OCH3 is 1. The van der Waals surface area contributed by atoms with E-state index in [4.69, 9.17) is 4.74 Å². The first kappa shape index (κ1) is 14.1. The smallest absolute Gasteiger partial charge is 0.326 e. The number of rotatable bonds is 3. The highest BCUT2D eigenvalue weighted by molar-refractivity contribution is 5.73. The van der Waals surface area contributed by atoms with Crippen molar-refractivity contribution in [1.29, 1.82) is 0 Å². The second-order valence-corrected chi connectivity index (χ2v) is 5.28. The van der Waals surface area contributed by atoms with Crippen LogP contribution >= 0.6 is 0 Å². The third kappa shape index (κ3) is 2.14. The molecule has 3 rings (SSSR count). The molecule has 1 fully saturated rings. The predicted octanol–water partition coefficient (Wildman–Crippen LogP) is 1.74. The molecular weight excluding hydrogens is 289 g/mol. The number of allylic oxidation sites excluding steroid dienone is 1. The van der Waals surface area contributed by atoms with Crippen LogP contribution in [-0.2, 0) is 4.74 Å². The fourth-order valence-corrected chi connectivity index (χ4v) is 2.98. The first-order valence-electron chi connectivity index (χ1n) is 6.53. The summed E-state index contributed by atoms with van der Waals surface area (Å²) in [7, 11) is 1.30. The number of fused-ring (bicyclic) bond motifs is 1. The van der Waals surface area contributed by atoms with Crippen molar-refractivity contribution in [3.8, 4) is 0 Å². The van der Waals surface area contributed by atoms with E-state index in [9.17, 15) is 22.8 Å². The van der Waals surface area contributed by atoms with E-state index < -0.39 is 46.7 Å². The standard InChI is InChI=1S/C13H13F3N2O3/c1-21-10-5(4-2-3-4)8(14)6(11(15)16)7-9(10)17-13(20)18-12(7)19/h4-5,10-11H,2-3H2,1H3,(H2,17,18,19,20). The van der Waals surface area contributed by atoms with Gasteiger partial charge in [-0.05, 0) is 18.8 Å². The third-order valence-corrected chi connectivity index (χ3v) is 4.00. The summed E-state index contributed by atoms with van der Waals surface area (Å²) in [6.07, 6.45) is -2.67. The van der Waals surface area contributed by atoms with Gasteiger partial charge in [0.2, 0.25) is 0 Å². The van der Waals surface area contributed by atoms with Gasteiger partial charge in [0, 0.05) is 13.0 Å². The predicted molar refractivity (Wildman–Crippen MR) is 67.7 cm³/mol. The molecule has 2 aliphatic rings. The summed E-state index contributed by atoms with van der Waals surface area (Å²) < 4.78 is 46.2. The Kier molecular flexibility index (Phi) is 3.27. The Bertz CT molecular complexity index is 718. The van der Waals surface area contributed by atoms with Crippen LogP contribution in [0.5, 0.6) is 0 Å². The molecule has 1 heterocycles. The topological polar surface area (TPSA) is 75.0 Å². The minimum absolute atomic E-state index is 0.0696. The summed E-state index contributed by atoms with van der Waals surface area (Å²) in [5.41, 5.74) is -3.39. The molecule has 114 valence electrons. The zero-order valence-corrected chi connectivity index (χ0v) is 11.1. The molecule has 0 aliphatic heterocycles. The number of aromatic nitrogens is 2. The quantitative estimate of drug-likeness (QED) is 0.893. The van der Waals surface area contributed by atoms with Crippen LogP contribution in [0, 0.1) is 11.8 Å². The Balaban J connectivity index is 2.32. The summed E-state index contributed by atoms with van der Waals surface area (Å²) in [5.74, 6) is -2.01. The molecule has 0 saturated heterocycles. The number of nitrogens with one attached hydrogen (secondary N) is 2. The SMILES string of the molecule is COC1c2[nH]c(=O)[nH]c(=O)c2C(C(F)F)=C(F)C1C1CC1. The monoisotopic (exact) mass is 302 g/mol. The number of halogens is 3. The van der Waals surface area contributed by atoms with Crippen LogP contribution in [0.2, 0.25) is 0 Å². The molecule has 21 heavy (non-hydrogen) atoms. The van der Waals surface area contributed by atoms with Gasteiger partial charge in [0.25, 0.3) is 12.0 Å². The van der Waals surface area contributed by atoms with E-state index in [1.807, 2.05) is 4.98 Å². The molecule has 2 atom stereocenters. The van der Waals surface area contributed by atoms with Gasteiger partial charge in [0.05, 0.1) is 16.8 Å². The maximum Gasteiger partial charge on any atom is 0.326 e. The highest BCUT2D eigenvalue weighted by atomic mass is 19.3. The molecule has 1 saturated carbocycles. The summed E-state index contributed by atoms with van der Waals surface area (Å²) >= 11 is 0. The van der Waals surface area contributed by atoms with Crippen molar-refractivity contribution in [2.75, 3.05) is 7.11 Å². The van der Waals surface area contributed by atoms with Gasteiger partial charge in [-0.15, -0.1) is 0 Å². The molecule has 1 aromatic rings. The van der Waals surface area contributed by atoms with E-state index >= 15 is 0 Å². The van der Waals surface area contributed by atoms with Crippen LogP contribution < -0.4 is 11.2 Å². The van der Waals surface area contributed by atoms with Crippen LogP contribution in [0.4, 0.5) is 13.2 Å². The number of ether oxygens (including phenoxy) is 1. The average Bonchev–Trinajstić information content (AvgIpc) is 3.21. The highest BCUT2D eigenvalue weighted by Gasteiger charge is 2.48. The molecule has 2 N–H and O–H groups in total. The largest absolute Gasteiger partial charge is 0.374 e. The Morgan fingerprint density at radius 2 is 1.90 bits per heavy atom. The molecule has 1 aromatic heterocycles. The lowest BCUT2D eigenvalue weighted by atomic mass is 9.82. The number of alkyl halides is 2. The van der Waals surface area contributed by atoms with Gasteiger partial charge in [-0.2, -0.15) is 0 Å². The van der Waals surface area contributed by atoms with Gasteiger partial charge in [0.1, 0.15) is 11.9 Å². The lowest BCUT2D eigenvalue weighted by Crippen LogP contribution is -2.36. The summed E-state index contributed by atoms with van der Waals surface area (Å²) in [6.45, 7) is 0. The Labute approximate surface area is 116 Å². The maximum absolute atomic E-state index is 14.5. The molecule has 0 aromatic carbocycles. The maximum atomic E-state index is 14.5. The van der Waals surface area contributed by atoms with E-state index in [0.29, 0.717) is 12.8 Å². The van der Waals surface area contributed by atoms with Crippen molar-refractivity contribution in [1.82, 2.24) is 9.97 Å². The Morgan fingerprint density at radius 3 is 2.43 bits per heavy atom. The minimum atomic E-state index is -3.14. The Hall–Kier alpha value is -1.83. The van der Waals surface area contributed by atoms with Crippen molar-refractivity contribution in [2.24, 2.45) is 11.8 Å². The van der Waals surface area contributed by atoms with E-state index in [-0.39, 0.29) is 11.6 Å². The van der Waals surface area contributed by atoms with Crippen LogP contribution in [0.1, 0.15) is 30.2 Å². The molecule has 5 nitrogen and oxygen atoms in total. The first-order valence-corrected chi connectivity index (χ1v) is 6.53. The average molecular weight is 302 g/mol. The number of aromatic amines is 2. The number of hydrogen-bond acceptors (Lipinski definition) is 3. The van der Waals surface area contributed by atoms with Crippen molar-refractivity contribution in [3.63, 3.8) is 0 Å². The second kappa shape index (κ2) is 4.87. The first-order chi connectivity index (χ1) is 9.95. The molecule has 2 aliphatic carbocycles. The van der Waals surface area contributed by atoms with E-state index in [1.165, 1.54) is 7.11 Å². The molecule has 0 amide bonds. The van der Waals surface area contributed by atoms with Gasteiger partial charge < -0.3 is 9.72 Å². The van der Waals surface area contributed by atoms with Gasteiger partial charge in [-0.1, -0.05) is 0 Å². The fourth-order valence-electron chi connectivity index (χ4n) is 2.98. The lowest BCUT2D eigenvalue weighted by molar-refractivity contribution is 0.0402. The van der Waals surface area contributed by atoms with Crippen LogP contribution in [0.25, 0.3) is 5.57 Å². The zero-order chi connectivity index (χ0) is 15.3. The summed E-state index contributed by atoms with van der Waals surface area (Å²) in [6, 6.07) is 0. The molecule has 0 bridgehead atoms. The zero-order valence-electron chi connectivity index (χ0n) is 11.1. The van der Waals surface area contributed by atoms with Crippen LogP contribution in [0.15, 0.2) is 15.4 Å². The minimum Gasteiger partial charge on any atom is -0.374 e. The number of H-pyrrole nitrogens is 2. The molecule has 0 radical (unpaired) electrons. The number of hydrogen-bond donors (Lipinski definition) is 2. The van der Waals surface area contributed by atoms with E-state index in [2.05, 4.69) is 4.98 Å². The van der Waals surface area contributed by atoms with Crippen molar-refractivity contribution < 1.29 is 17.9 Å². The third-order valence-electron chi connectivity index (χ3n) is 4.00. The van der Waals surface area contributed by atoms with Crippen molar-refractivity contribution in [2.45, 2.75) is 25.4 Å². The molecule has 0 spiro atoms. The van der Waals surface area contributed by atoms with Crippen LogP contribution in [0.3, 0.4) is 0 Å². The Morgan fingerprint density at radius 1 is 1.24 bits per heavy atom. The van der Waals surface area contributed by atoms with E-state index in [1.54, 1.807) is 0 Å². The van der Waals surface area contributed by atoms with Crippen LogP contribution in [-0.4, -0.2) is 23.5 Å². The van der Waals surface area contributed by atoms with E-state index in [0.717, 1.165) is 0 Å². The van der Waals surface area contributed by atoms with Crippen molar-refractivity contribution in [3.05, 3.63) is 37.9 Å². The summed E-state index contributed by atoms with van der Waals surface area (Å²) in [4.78, 5) is 27.4. The molecular formula is C13H13F3N2O3. The molecule has 8 heteroatoms. The van der Waals surface area contributed by atoms with Gasteiger partial charge in [-0.3, -0.25) is 9.78 Å². The molecule has 2 unspecified atom stereocenters. The highest BCUT2D eigenvalue weighted by Crippen LogP contribution is 2.53. The normalized spacial score (nSPS) is 25.4. The van der Waals surface area contributed by atoms with Gasteiger partial charge in [-0.25, -0.2) is 18.0 Å². The van der Waals surface area contributed by atoms with Gasteiger partial charge >= 0.3 is 5.69 Å². The van der Waals surface area contributed by atoms with Gasteiger partial charge in [0.15, 0.2) is 0 Å². The summed E-state index contributed by atoms with van der Waals surface area (Å²) in [5, 5.41) is 0. The fraction of sp³-hybridized carbons (Fsp3) is 0.538. The second-order valence-electron chi connectivity index (χ2n) is 5.28. The van der Waals surface area contributed by atoms with Crippen molar-refractivity contribution >= 4 is 5.57 Å².